The zero-order valence-electron chi connectivity index (χ0n) is 10.9. The van der Waals surface area contributed by atoms with Crippen LogP contribution < -0.4 is 10.5 Å². The fourth-order valence-corrected chi connectivity index (χ4v) is 3.43. The van der Waals surface area contributed by atoms with E-state index in [2.05, 4.69) is 4.72 Å². The second-order valence-corrected chi connectivity index (χ2v) is 6.46. The Balaban J connectivity index is 2.10. The molecular formula is C12H17F2N3O2S. The molecule has 0 spiro atoms. The smallest absolute Gasteiger partial charge is 0.301 e. The Labute approximate surface area is 116 Å². The molecule has 1 aromatic rings. The van der Waals surface area contributed by atoms with Crippen molar-refractivity contribution >= 4 is 15.9 Å². The minimum absolute atomic E-state index is 0.312. The lowest BCUT2D eigenvalue weighted by Crippen LogP contribution is -2.42. The number of benzene rings is 1. The molecule has 0 bridgehead atoms. The molecule has 5 nitrogen and oxygen atoms in total. The minimum Gasteiger partial charge on any atom is -0.330 e. The van der Waals surface area contributed by atoms with E-state index in [-0.39, 0.29) is 5.69 Å². The number of anilines is 1. The van der Waals surface area contributed by atoms with E-state index in [0.29, 0.717) is 38.4 Å². The third kappa shape index (κ3) is 3.25. The summed E-state index contributed by atoms with van der Waals surface area (Å²) in [6.07, 6.45) is 1.34. The molecule has 1 aliphatic heterocycles. The van der Waals surface area contributed by atoms with Gasteiger partial charge in [0.25, 0.3) is 0 Å². The van der Waals surface area contributed by atoms with Crippen molar-refractivity contribution in [3.63, 3.8) is 0 Å². The molecule has 20 heavy (non-hydrogen) atoms. The van der Waals surface area contributed by atoms with Crippen molar-refractivity contribution in [2.75, 3.05) is 24.4 Å². The van der Waals surface area contributed by atoms with E-state index in [9.17, 15) is 17.2 Å². The van der Waals surface area contributed by atoms with Crippen molar-refractivity contribution in [3.05, 3.63) is 29.8 Å². The highest BCUT2D eigenvalue weighted by Crippen LogP contribution is 2.22. The van der Waals surface area contributed by atoms with E-state index >= 15 is 0 Å². The summed E-state index contributed by atoms with van der Waals surface area (Å²) in [4.78, 5) is 0. The molecule has 1 fully saturated rings. The average molecular weight is 305 g/mol. The lowest BCUT2D eigenvalue weighted by Gasteiger charge is -2.30. The van der Waals surface area contributed by atoms with E-state index in [1.54, 1.807) is 0 Å². The van der Waals surface area contributed by atoms with E-state index in [1.165, 1.54) is 16.4 Å². The number of halogens is 2. The zero-order chi connectivity index (χ0) is 14.8. The number of piperidine rings is 1. The van der Waals surface area contributed by atoms with Gasteiger partial charge in [-0.2, -0.15) is 12.7 Å². The third-order valence-corrected chi connectivity index (χ3v) is 4.96. The Bertz CT molecular complexity index is 572. The van der Waals surface area contributed by atoms with E-state index in [4.69, 9.17) is 5.73 Å². The number of nitrogens with one attached hydrogen (secondary N) is 1. The molecule has 0 saturated carbocycles. The van der Waals surface area contributed by atoms with Gasteiger partial charge in [-0.05, 0) is 37.4 Å². The van der Waals surface area contributed by atoms with Gasteiger partial charge in [-0.3, -0.25) is 4.72 Å². The Morgan fingerprint density at radius 3 is 2.55 bits per heavy atom. The van der Waals surface area contributed by atoms with E-state index in [0.717, 1.165) is 6.07 Å². The summed E-state index contributed by atoms with van der Waals surface area (Å²) in [5.74, 6) is -1.98. The lowest BCUT2D eigenvalue weighted by atomic mass is 9.99. The number of hydrogen-bond acceptors (Lipinski definition) is 3. The summed E-state index contributed by atoms with van der Waals surface area (Å²) in [6, 6.07) is 3.36. The molecule has 0 unspecified atom stereocenters. The average Bonchev–Trinajstić information content (AvgIpc) is 2.44. The van der Waals surface area contributed by atoms with Crippen LogP contribution in [0, 0.1) is 17.6 Å². The minimum atomic E-state index is -3.87. The van der Waals surface area contributed by atoms with Gasteiger partial charge in [0.05, 0.1) is 5.69 Å². The van der Waals surface area contributed by atoms with Gasteiger partial charge >= 0.3 is 10.2 Å². The topological polar surface area (TPSA) is 75.4 Å². The molecule has 1 heterocycles. The number of hydrogen-bond donors (Lipinski definition) is 2. The molecular weight excluding hydrogens is 288 g/mol. The van der Waals surface area contributed by atoms with Crippen LogP contribution in [0.3, 0.4) is 0 Å². The molecule has 0 atom stereocenters. The largest absolute Gasteiger partial charge is 0.330 e. The quantitative estimate of drug-likeness (QED) is 0.880. The van der Waals surface area contributed by atoms with Crippen molar-refractivity contribution in [2.24, 2.45) is 11.7 Å². The first-order chi connectivity index (χ1) is 9.44. The highest BCUT2D eigenvalue weighted by Gasteiger charge is 2.28. The van der Waals surface area contributed by atoms with Gasteiger partial charge < -0.3 is 5.73 Å². The maximum absolute atomic E-state index is 13.5. The molecule has 8 heteroatoms. The number of rotatable bonds is 4. The first-order valence-corrected chi connectivity index (χ1v) is 7.80. The zero-order valence-corrected chi connectivity index (χ0v) is 11.7. The van der Waals surface area contributed by atoms with Crippen molar-refractivity contribution < 1.29 is 17.2 Å². The normalized spacial score (nSPS) is 18.1. The fourth-order valence-electron chi connectivity index (χ4n) is 2.17. The van der Waals surface area contributed by atoms with Crippen molar-refractivity contribution in [1.29, 1.82) is 0 Å². The van der Waals surface area contributed by atoms with Gasteiger partial charge in [-0.25, -0.2) is 8.78 Å². The molecule has 0 aliphatic carbocycles. The molecule has 0 radical (unpaired) electrons. The predicted octanol–water partition coefficient (Wildman–Crippen LogP) is 1.29. The first-order valence-electron chi connectivity index (χ1n) is 6.36. The monoisotopic (exact) mass is 305 g/mol. The van der Waals surface area contributed by atoms with Crippen LogP contribution in [0.25, 0.3) is 0 Å². The van der Waals surface area contributed by atoms with Crippen LogP contribution in [0.15, 0.2) is 18.2 Å². The van der Waals surface area contributed by atoms with Crippen molar-refractivity contribution in [1.82, 2.24) is 4.31 Å². The van der Waals surface area contributed by atoms with Gasteiger partial charge in [-0.1, -0.05) is 6.07 Å². The van der Waals surface area contributed by atoms with Gasteiger partial charge in [-0.15, -0.1) is 0 Å². The van der Waals surface area contributed by atoms with Gasteiger partial charge in [0, 0.05) is 13.1 Å². The van der Waals surface area contributed by atoms with Gasteiger partial charge in [0.1, 0.15) is 0 Å². The fraction of sp³-hybridized carbons (Fsp3) is 0.500. The second kappa shape index (κ2) is 6.02. The molecule has 1 saturated heterocycles. The molecule has 112 valence electrons. The Kier molecular flexibility index (Phi) is 4.56. The van der Waals surface area contributed by atoms with Crippen LogP contribution in [0.1, 0.15) is 12.8 Å². The Morgan fingerprint density at radius 1 is 1.30 bits per heavy atom. The third-order valence-electron chi connectivity index (χ3n) is 3.44. The van der Waals surface area contributed by atoms with Crippen LogP contribution in [-0.2, 0) is 10.2 Å². The standard InChI is InChI=1S/C12H17F2N3O2S/c13-10-2-1-3-11(12(10)14)16-20(18,19)17-6-4-9(8-15)5-7-17/h1-3,9,16H,4-8,15H2. The van der Waals surface area contributed by atoms with Crippen molar-refractivity contribution in [3.8, 4) is 0 Å². The highest BCUT2D eigenvalue weighted by atomic mass is 32.2. The first kappa shape index (κ1) is 15.1. The number of nitrogens with two attached hydrogens (primary N) is 1. The summed E-state index contributed by atoms with van der Waals surface area (Å²) in [5.41, 5.74) is 5.16. The van der Waals surface area contributed by atoms with Crippen LogP contribution in [0.2, 0.25) is 0 Å². The maximum Gasteiger partial charge on any atom is 0.301 e. The molecule has 0 amide bonds. The van der Waals surface area contributed by atoms with E-state index < -0.39 is 21.8 Å². The molecule has 0 aromatic heterocycles. The Hall–Kier alpha value is -1.25. The summed E-state index contributed by atoms with van der Waals surface area (Å²) in [5, 5.41) is 0. The molecule has 1 aromatic carbocycles. The molecule has 1 aliphatic rings. The lowest BCUT2D eigenvalue weighted by molar-refractivity contribution is 0.280. The van der Waals surface area contributed by atoms with Crippen LogP contribution >= 0.6 is 0 Å². The van der Waals surface area contributed by atoms with Crippen LogP contribution in [-0.4, -0.2) is 32.4 Å². The highest BCUT2D eigenvalue weighted by molar-refractivity contribution is 7.90. The van der Waals surface area contributed by atoms with Gasteiger partial charge in [0.2, 0.25) is 0 Å². The van der Waals surface area contributed by atoms with Crippen molar-refractivity contribution in [2.45, 2.75) is 12.8 Å². The second-order valence-electron chi connectivity index (χ2n) is 4.79. The SMILES string of the molecule is NCC1CCN(S(=O)(=O)Nc2cccc(F)c2F)CC1. The summed E-state index contributed by atoms with van der Waals surface area (Å²) < 4.78 is 54.1. The number of nitrogens with zero attached hydrogens (tertiary/aromatic N) is 1. The summed E-state index contributed by atoms with van der Waals surface area (Å²) >= 11 is 0. The molecule has 3 N–H and O–H groups in total. The molecule has 2 rings (SSSR count). The predicted molar refractivity (Wildman–Crippen MR) is 72.3 cm³/mol. The Morgan fingerprint density at radius 2 is 1.95 bits per heavy atom. The van der Waals surface area contributed by atoms with Gasteiger partial charge in [0.15, 0.2) is 11.6 Å². The summed E-state index contributed by atoms with van der Waals surface area (Å²) in [7, 11) is -3.87. The maximum atomic E-state index is 13.5. The van der Waals surface area contributed by atoms with Crippen LogP contribution in [0.5, 0.6) is 0 Å². The van der Waals surface area contributed by atoms with Crippen LogP contribution in [0.4, 0.5) is 14.5 Å². The summed E-state index contributed by atoms with van der Waals surface area (Å²) in [6.45, 7) is 1.18. The van der Waals surface area contributed by atoms with E-state index in [1.807, 2.05) is 0 Å².